The molecular formula is C15H21ClN2O3. The monoisotopic (exact) mass is 312 g/mol. The van der Waals surface area contributed by atoms with E-state index in [-0.39, 0.29) is 18.2 Å². The second-order valence-electron chi connectivity index (χ2n) is 4.66. The van der Waals surface area contributed by atoms with Gasteiger partial charge in [-0.05, 0) is 24.6 Å². The van der Waals surface area contributed by atoms with Gasteiger partial charge in [-0.3, -0.25) is 9.59 Å². The van der Waals surface area contributed by atoms with Crippen LogP contribution < -0.4 is 5.32 Å². The van der Waals surface area contributed by atoms with Gasteiger partial charge >= 0.3 is 0 Å². The third-order valence-corrected chi connectivity index (χ3v) is 3.17. The maximum Gasteiger partial charge on any atom is 0.226 e. The summed E-state index contributed by atoms with van der Waals surface area (Å²) in [7, 11) is 1.62. The smallest absolute Gasteiger partial charge is 0.226 e. The van der Waals surface area contributed by atoms with Gasteiger partial charge in [0.15, 0.2) is 0 Å². The quantitative estimate of drug-likeness (QED) is 0.751. The second kappa shape index (κ2) is 9.37. The summed E-state index contributed by atoms with van der Waals surface area (Å²) in [6.45, 7) is 3.08. The highest BCUT2D eigenvalue weighted by atomic mass is 35.5. The number of halogens is 1. The molecular weight excluding hydrogens is 292 g/mol. The summed E-state index contributed by atoms with van der Waals surface area (Å²) in [5.41, 5.74) is 0.654. The van der Waals surface area contributed by atoms with Crippen molar-refractivity contribution in [2.75, 3.05) is 32.1 Å². The number of anilines is 1. The zero-order valence-corrected chi connectivity index (χ0v) is 13.2. The van der Waals surface area contributed by atoms with Gasteiger partial charge in [0.1, 0.15) is 0 Å². The molecule has 0 bridgehead atoms. The molecule has 0 radical (unpaired) electrons. The van der Waals surface area contributed by atoms with Crippen LogP contribution in [0.25, 0.3) is 0 Å². The molecule has 6 heteroatoms. The molecule has 0 atom stereocenters. The molecule has 1 N–H and O–H groups in total. The number of ether oxygens (including phenoxy) is 1. The van der Waals surface area contributed by atoms with Gasteiger partial charge in [-0.2, -0.15) is 0 Å². The van der Waals surface area contributed by atoms with E-state index < -0.39 is 0 Å². The lowest BCUT2D eigenvalue weighted by atomic mass is 10.3. The molecule has 0 aromatic heterocycles. The van der Waals surface area contributed by atoms with Crippen molar-refractivity contribution >= 4 is 29.1 Å². The number of carbonyl (C=O) groups excluding carboxylic acids is 2. The fraction of sp³-hybridized carbons (Fsp3) is 0.467. The molecule has 2 amide bonds. The van der Waals surface area contributed by atoms with E-state index in [2.05, 4.69) is 5.32 Å². The van der Waals surface area contributed by atoms with Crippen molar-refractivity contribution in [3.63, 3.8) is 0 Å². The van der Waals surface area contributed by atoms with E-state index in [0.29, 0.717) is 30.4 Å². The predicted octanol–water partition coefficient (Wildman–Crippen LogP) is 2.55. The van der Waals surface area contributed by atoms with E-state index >= 15 is 0 Å². The summed E-state index contributed by atoms with van der Waals surface area (Å²) >= 11 is 5.85. The number of benzene rings is 1. The summed E-state index contributed by atoms with van der Waals surface area (Å²) in [5.74, 6) is -0.183. The molecule has 0 saturated heterocycles. The van der Waals surface area contributed by atoms with E-state index in [9.17, 15) is 9.59 Å². The third-order valence-electron chi connectivity index (χ3n) is 2.94. The zero-order chi connectivity index (χ0) is 15.7. The van der Waals surface area contributed by atoms with E-state index in [1.165, 1.54) is 6.92 Å². The normalized spacial score (nSPS) is 10.2. The standard InChI is InChI=1S/C15H21ClN2O3/c1-12(19)18(8-4-10-21-2)9-7-15(20)17-14-6-3-5-13(16)11-14/h3,5-6,11H,4,7-10H2,1-2H3,(H,17,20). The Morgan fingerprint density at radius 2 is 2.10 bits per heavy atom. The van der Waals surface area contributed by atoms with Crippen LogP contribution in [0.2, 0.25) is 5.02 Å². The Hall–Kier alpha value is -1.59. The van der Waals surface area contributed by atoms with Gasteiger partial charge in [-0.25, -0.2) is 0 Å². The average Bonchev–Trinajstić information content (AvgIpc) is 2.42. The van der Waals surface area contributed by atoms with Crippen molar-refractivity contribution < 1.29 is 14.3 Å². The van der Waals surface area contributed by atoms with Crippen LogP contribution in [0, 0.1) is 0 Å². The van der Waals surface area contributed by atoms with Gasteiger partial charge in [0.2, 0.25) is 11.8 Å². The Morgan fingerprint density at radius 1 is 1.33 bits per heavy atom. The van der Waals surface area contributed by atoms with Crippen LogP contribution in [0.5, 0.6) is 0 Å². The maximum absolute atomic E-state index is 11.9. The first-order valence-corrected chi connectivity index (χ1v) is 7.20. The minimum absolute atomic E-state index is 0.0401. The molecule has 0 unspecified atom stereocenters. The molecule has 0 heterocycles. The number of hydrogen-bond donors (Lipinski definition) is 1. The van der Waals surface area contributed by atoms with E-state index in [1.807, 2.05) is 0 Å². The topological polar surface area (TPSA) is 58.6 Å². The highest BCUT2D eigenvalue weighted by Gasteiger charge is 2.11. The number of nitrogens with zero attached hydrogens (tertiary/aromatic N) is 1. The number of amides is 2. The minimum atomic E-state index is -0.143. The first-order valence-electron chi connectivity index (χ1n) is 6.83. The Labute approximate surface area is 130 Å². The molecule has 0 aliphatic rings. The maximum atomic E-state index is 11.9. The average molecular weight is 313 g/mol. The number of carbonyl (C=O) groups is 2. The van der Waals surface area contributed by atoms with Gasteiger partial charge in [0, 0.05) is 50.9 Å². The highest BCUT2D eigenvalue weighted by Crippen LogP contribution is 2.15. The molecule has 116 valence electrons. The summed E-state index contributed by atoms with van der Waals surface area (Å²) in [6.07, 6.45) is 1.01. The molecule has 5 nitrogen and oxygen atoms in total. The largest absolute Gasteiger partial charge is 0.385 e. The van der Waals surface area contributed by atoms with Gasteiger partial charge in [0.05, 0.1) is 0 Å². The van der Waals surface area contributed by atoms with Crippen molar-refractivity contribution in [2.45, 2.75) is 19.8 Å². The van der Waals surface area contributed by atoms with Gasteiger partial charge in [0.25, 0.3) is 0 Å². The lowest BCUT2D eigenvalue weighted by molar-refractivity contribution is -0.129. The molecule has 0 fully saturated rings. The summed E-state index contributed by atoms with van der Waals surface area (Å²) in [4.78, 5) is 25.0. The lowest BCUT2D eigenvalue weighted by Crippen LogP contribution is -2.33. The Kier molecular flexibility index (Phi) is 7.79. The summed E-state index contributed by atoms with van der Waals surface area (Å²) in [6, 6.07) is 6.96. The van der Waals surface area contributed by atoms with Crippen LogP contribution in [0.15, 0.2) is 24.3 Å². The van der Waals surface area contributed by atoms with Crippen LogP contribution in [-0.2, 0) is 14.3 Å². The van der Waals surface area contributed by atoms with Crippen LogP contribution in [-0.4, -0.2) is 43.5 Å². The molecule has 0 aliphatic heterocycles. The summed E-state index contributed by atoms with van der Waals surface area (Å²) in [5, 5.41) is 3.33. The molecule has 1 rings (SSSR count). The SMILES string of the molecule is COCCCN(CCC(=O)Nc1cccc(Cl)c1)C(C)=O. The molecule has 21 heavy (non-hydrogen) atoms. The first-order chi connectivity index (χ1) is 10.0. The Morgan fingerprint density at radius 3 is 2.71 bits per heavy atom. The second-order valence-corrected chi connectivity index (χ2v) is 5.10. The predicted molar refractivity (Wildman–Crippen MR) is 83.4 cm³/mol. The Balaban J connectivity index is 2.40. The molecule has 0 spiro atoms. The van der Waals surface area contributed by atoms with Gasteiger partial charge in [-0.15, -0.1) is 0 Å². The number of rotatable bonds is 8. The molecule has 1 aromatic carbocycles. The Bertz CT molecular complexity index is 480. The number of methoxy groups -OCH3 is 1. The minimum Gasteiger partial charge on any atom is -0.385 e. The van der Waals surface area contributed by atoms with Crippen molar-refractivity contribution in [1.29, 1.82) is 0 Å². The highest BCUT2D eigenvalue weighted by molar-refractivity contribution is 6.30. The zero-order valence-electron chi connectivity index (χ0n) is 12.4. The fourth-order valence-electron chi connectivity index (χ4n) is 1.85. The van der Waals surface area contributed by atoms with Crippen molar-refractivity contribution in [3.8, 4) is 0 Å². The fourth-order valence-corrected chi connectivity index (χ4v) is 2.04. The van der Waals surface area contributed by atoms with Crippen LogP contribution in [0.1, 0.15) is 19.8 Å². The van der Waals surface area contributed by atoms with Crippen LogP contribution in [0.3, 0.4) is 0 Å². The molecule has 0 aliphatic carbocycles. The van der Waals surface area contributed by atoms with Gasteiger partial charge < -0.3 is 15.0 Å². The van der Waals surface area contributed by atoms with E-state index in [0.717, 1.165) is 6.42 Å². The molecule has 0 saturated carbocycles. The van der Waals surface area contributed by atoms with E-state index in [1.54, 1.807) is 36.3 Å². The number of nitrogens with one attached hydrogen (secondary N) is 1. The number of hydrogen-bond acceptors (Lipinski definition) is 3. The van der Waals surface area contributed by atoms with Crippen LogP contribution >= 0.6 is 11.6 Å². The lowest BCUT2D eigenvalue weighted by Gasteiger charge is -2.20. The van der Waals surface area contributed by atoms with Crippen molar-refractivity contribution in [2.24, 2.45) is 0 Å². The van der Waals surface area contributed by atoms with E-state index in [4.69, 9.17) is 16.3 Å². The van der Waals surface area contributed by atoms with Gasteiger partial charge in [-0.1, -0.05) is 17.7 Å². The molecule has 1 aromatic rings. The third kappa shape index (κ3) is 7.11. The van der Waals surface area contributed by atoms with Crippen molar-refractivity contribution in [3.05, 3.63) is 29.3 Å². The first kappa shape index (κ1) is 17.5. The van der Waals surface area contributed by atoms with Crippen molar-refractivity contribution in [1.82, 2.24) is 4.90 Å². The van der Waals surface area contributed by atoms with Crippen LogP contribution in [0.4, 0.5) is 5.69 Å². The summed E-state index contributed by atoms with van der Waals surface area (Å²) < 4.78 is 4.96.